The summed E-state index contributed by atoms with van der Waals surface area (Å²) in [6.07, 6.45) is 0.937. The minimum atomic E-state index is -2.97. The Balaban J connectivity index is 1.50. The molecular weight excluding hydrogens is 515 g/mol. The molecule has 1 aliphatic rings. The minimum absolute atomic E-state index is 0.0310. The molecule has 9 heteroatoms. The number of rotatable bonds is 6. The first kappa shape index (κ1) is 25.9. The third kappa shape index (κ3) is 4.53. The fourth-order valence-electron chi connectivity index (χ4n) is 4.85. The molecule has 0 unspecified atom stereocenters. The van der Waals surface area contributed by atoms with Crippen LogP contribution in [0.1, 0.15) is 45.7 Å². The second-order valence-electron chi connectivity index (χ2n) is 9.77. The van der Waals surface area contributed by atoms with Gasteiger partial charge in [-0.1, -0.05) is 41.9 Å². The number of halogens is 4. The van der Waals surface area contributed by atoms with Gasteiger partial charge in [0.1, 0.15) is 5.82 Å². The summed E-state index contributed by atoms with van der Waals surface area (Å²) in [5.74, 6) is -4.82. The number of hydrogen-bond donors (Lipinski definition) is 3. The standard InChI is InChI=1S/C29H25ClF3N3O2/c1-15-6-4-7-16(2)25(15)22-13-21(23(30)14-24(22)31)27-34-17(3)26(36(27)38)28(37)35-20-9-5-8-19(12-20)29(32,33)18-10-11-18/h4-9,12-14,18,38H,10-11H2,1-3H3,(H,35,37)/p+1. The summed E-state index contributed by atoms with van der Waals surface area (Å²) in [5.41, 5.74) is 3.18. The molecule has 1 amide bonds. The molecule has 1 saturated carbocycles. The summed E-state index contributed by atoms with van der Waals surface area (Å²) in [6, 6.07) is 13.9. The first-order valence-electron chi connectivity index (χ1n) is 12.2. The van der Waals surface area contributed by atoms with Crippen LogP contribution in [0.5, 0.6) is 0 Å². The van der Waals surface area contributed by atoms with Gasteiger partial charge >= 0.3 is 11.7 Å². The van der Waals surface area contributed by atoms with Crippen LogP contribution in [-0.4, -0.2) is 16.1 Å². The van der Waals surface area contributed by atoms with E-state index in [-0.39, 0.29) is 33.4 Å². The highest BCUT2D eigenvalue weighted by Gasteiger charge is 2.48. The van der Waals surface area contributed by atoms with Crippen molar-refractivity contribution >= 4 is 23.2 Å². The number of aryl methyl sites for hydroxylation is 3. The van der Waals surface area contributed by atoms with E-state index in [0.29, 0.717) is 34.4 Å². The van der Waals surface area contributed by atoms with Gasteiger partial charge in [0.25, 0.3) is 11.6 Å². The molecule has 0 spiro atoms. The van der Waals surface area contributed by atoms with Crippen molar-refractivity contribution in [3.63, 3.8) is 0 Å². The van der Waals surface area contributed by atoms with Gasteiger partial charge in [0.05, 0.1) is 10.6 Å². The van der Waals surface area contributed by atoms with Crippen molar-refractivity contribution in [2.45, 2.75) is 39.5 Å². The number of nitrogens with zero attached hydrogens (tertiary/aromatic N) is 1. The average Bonchev–Trinajstić information content (AvgIpc) is 3.66. The zero-order valence-corrected chi connectivity index (χ0v) is 21.8. The molecule has 3 N–H and O–H groups in total. The Morgan fingerprint density at radius 1 is 1.05 bits per heavy atom. The van der Waals surface area contributed by atoms with Gasteiger partial charge in [-0.25, -0.2) is 18.2 Å². The van der Waals surface area contributed by atoms with E-state index >= 15 is 4.39 Å². The molecule has 0 saturated heterocycles. The molecule has 1 aliphatic carbocycles. The third-order valence-corrected chi connectivity index (χ3v) is 7.27. The molecule has 196 valence electrons. The lowest BCUT2D eigenvalue weighted by molar-refractivity contribution is -0.896. The van der Waals surface area contributed by atoms with Crippen LogP contribution >= 0.6 is 11.6 Å². The molecule has 0 atom stereocenters. The van der Waals surface area contributed by atoms with Gasteiger partial charge in [0, 0.05) is 29.7 Å². The predicted molar refractivity (Wildman–Crippen MR) is 139 cm³/mol. The SMILES string of the molecule is Cc1cccc(C)c1-c1cc(-c2[nH]c(C)c(C(=O)Nc3cccc(C(F)(F)C4CC4)c3)[n+]2O)c(Cl)cc1F. The van der Waals surface area contributed by atoms with Gasteiger partial charge in [0.15, 0.2) is 5.69 Å². The maximum Gasteiger partial charge on any atom is 0.328 e. The molecule has 0 bridgehead atoms. The number of carbonyl (C=O) groups excluding carboxylic acids is 1. The van der Waals surface area contributed by atoms with Gasteiger partial charge in [-0.2, -0.15) is 0 Å². The van der Waals surface area contributed by atoms with E-state index in [1.165, 1.54) is 36.4 Å². The van der Waals surface area contributed by atoms with E-state index in [9.17, 15) is 18.8 Å². The molecule has 0 radical (unpaired) electrons. The fourth-order valence-corrected chi connectivity index (χ4v) is 5.09. The fraction of sp³-hybridized carbons (Fsp3) is 0.241. The highest BCUT2D eigenvalue weighted by Crippen LogP contribution is 2.50. The molecule has 0 aliphatic heterocycles. The molecular formula is C29H26ClF3N3O2+. The number of aromatic nitrogens is 2. The number of anilines is 1. The Hall–Kier alpha value is -3.78. The average molecular weight is 541 g/mol. The Morgan fingerprint density at radius 3 is 2.37 bits per heavy atom. The lowest BCUT2D eigenvalue weighted by Gasteiger charge is -2.16. The van der Waals surface area contributed by atoms with Crippen molar-refractivity contribution in [3.05, 3.63) is 93.5 Å². The second kappa shape index (κ2) is 9.51. The van der Waals surface area contributed by atoms with Gasteiger partial charge in [-0.3, -0.25) is 4.79 Å². The maximum atomic E-state index is 15.0. The Kier molecular flexibility index (Phi) is 6.47. The van der Waals surface area contributed by atoms with Crippen LogP contribution in [-0.2, 0) is 5.92 Å². The summed E-state index contributed by atoms with van der Waals surface area (Å²) < 4.78 is 44.8. The summed E-state index contributed by atoms with van der Waals surface area (Å²) in [6.45, 7) is 5.32. The molecule has 38 heavy (non-hydrogen) atoms. The van der Waals surface area contributed by atoms with E-state index in [1.54, 1.807) is 6.92 Å². The van der Waals surface area contributed by atoms with Crippen molar-refractivity contribution < 1.29 is 27.9 Å². The lowest BCUT2D eigenvalue weighted by atomic mass is 9.94. The van der Waals surface area contributed by atoms with Crippen molar-refractivity contribution in [1.82, 2.24) is 4.98 Å². The molecule has 4 aromatic rings. The highest BCUT2D eigenvalue weighted by molar-refractivity contribution is 6.33. The van der Waals surface area contributed by atoms with E-state index in [1.807, 2.05) is 32.0 Å². The molecule has 5 rings (SSSR count). The summed E-state index contributed by atoms with van der Waals surface area (Å²) in [5, 5.41) is 13.6. The summed E-state index contributed by atoms with van der Waals surface area (Å²) in [4.78, 5) is 16.1. The van der Waals surface area contributed by atoms with E-state index in [2.05, 4.69) is 10.3 Å². The molecule has 5 nitrogen and oxygen atoms in total. The number of alkyl halides is 2. The topological polar surface area (TPSA) is 69.0 Å². The number of amides is 1. The number of imidazole rings is 1. The number of hydrogen-bond acceptors (Lipinski definition) is 2. The molecule has 1 fully saturated rings. The van der Waals surface area contributed by atoms with Crippen LogP contribution in [0.25, 0.3) is 22.5 Å². The van der Waals surface area contributed by atoms with Gasteiger partial charge in [-0.05, 0) is 72.4 Å². The monoisotopic (exact) mass is 540 g/mol. The van der Waals surface area contributed by atoms with Crippen LogP contribution in [0.2, 0.25) is 5.02 Å². The number of H-pyrrole nitrogens is 1. The van der Waals surface area contributed by atoms with E-state index < -0.39 is 23.6 Å². The van der Waals surface area contributed by atoms with Crippen molar-refractivity contribution in [2.24, 2.45) is 5.92 Å². The predicted octanol–water partition coefficient (Wildman–Crippen LogP) is 7.35. The third-order valence-electron chi connectivity index (χ3n) is 6.96. The van der Waals surface area contributed by atoms with E-state index in [4.69, 9.17) is 11.6 Å². The van der Waals surface area contributed by atoms with Crippen LogP contribution in [0, 0.1) is 32.5 Å². The zero-order valence-electron chi connectivity index (χ0n) is 21.0. The van der Waals surface area contributed by atoms with Crippen LogP contribution in [0.3, 0.4) is 0 Å². The maximum absolute atomic E-state index is 15.0. The van der Waals surface area contributed by atoms with Crippen molar-refractivity contribution in [1.29, 1.82) is 0 Å². The zero-order chi connectivity index (χ0) is 27.4. The quantitative estimate of drug-likeness (QED) is 0.177. The molecule has 1 heterocycles. The molecule has 1 aromatic heterocycles. The van der Waals surface area contributed by atoms with Gasteiger partial charge < -0.3 is 10.5 Å². The first-order chi connectivity index (χ1) is 18.0. The number of carbonyl (C=O) groups is 1. The highest BCUT2D eigenvalue weighted by atomic mass is 35.5. The Labute approximate surface area is 222 Å². The number of benzene rings is 3. The minimum Gasteiger partial charge on any atom is -0.349 e. The summed E-state index contributed by atoms with van der Waals surface area (Å²) in [7, 11) is 0. The first-order valence-corrected chi connectivity index (χ1v) is 12.6. The largest absolute Gasteiger partial charge is 0.349 e. The van der Waals surface area contributed by atoms with Crippen molar-refractivity contribution in [2.75, 3.05) is 5.32 Å². The van der Waals surface area contributed by atoms with E-state index in [0.717, 1.165) is 11.1 Å². The summed E-state index contributed by atoms with van der Waals surface area (Å²) >= 11 is 6.38. The smallest absolute Gasteiger partial charge is 0.328 e. The Morgan fingerprint density at radius 2 is 1.71 bits per heavy atom. The van der Waals surface area contributed by atoms with Gasteiger partial charge in [-0.15, -0.1) is 0 Å². The van der Waals surface area contributed by atoms with Crippen LogP contribution < -0.4 is 10.0 Å². The number of nitrogens with one attached hydrogen (secondary N) is 2. The van der Waals surface area contributed by atoms with Crippen molar-refractivity contribution in [3.8, 4) is 22.5 Å². The number of aromatic amines is 1. The second-order valence-corrected chi connectivity index (χ2v) is 10.2. The van der Waals surface area contributed by atoms with Crippen LogP contribution in [0.15, 0.2) is 54.6 Å². The lowest BCUT2D eigenvalue weighted by Crippen LogP contribution is -2.39. The van der Waals surface area contributed by atoms with Crippen LogP contribution in [0.4, 0.5) is 18.9 Å². The Bertz CT molecular complexity index is 1560. The molecule has 3 aromatic carbocycles. The normalized spacial score (nSPS) is 13.6. The van der Waals surface area contributed by atoms with Gasteiger partial charge in [0.2, 0.25) is 0 Å².